The van der Waals surface area contributed by atoms with E-state index in [2.05, 4.69) is 41.5 Å². The molecule has 1 unspecified atom stereocenters. The van der Waals surface area contributed by atoms with Gasteiger partial charge in [-0.1, -0.05) is 67.2 Å². The molecule has 0 amide bonds. The fourth-order valence-electron chi connectivity index (χ4n) is 2.56. The van der Waals surface area contributed by atoms with Crippen molar-refractivity contribution in [2.75, 3.05) is 0 Å². The predicted molar refractivity (Wildman–Crippen MR) is 66.5 cm³/mol. The number of hydrogen-bond acceptors (Lipinski definition) is 0. The van der Waals surface area contributed by atoms with E-state index >= 15 is 0 Å². The third-order valence-corrected chi connectivity index (χ3v) is 4.29. The van der Waals surface area contributed by atoms with Crippen LogP contribution < -0.4 is 0 Å². The quantitative estimate of drug-likeness (QED) is 0.522. The maximum Gasteiger partial charge on any atom is -0.0277 e. The number of hydrogen-bond donors (Lipinski definition) is 0. The van der Waals surface area contributed by atoms with Crippen molar-refractivity contribution in [3.8, 4) is 0 Å². The lowest BCUT2D eigenvalue weighted by atomic mass is 9.67. The van der Waals surface area contributed by atoms with Gasteiger partial charge < -0.3 is 0 Å². The molecule has 0 aliphatic carbocycles. The summed E-state index contributed by atoms with van der Waals surface area (Å²) < 4.78 is 0. The van der Waals surface area contributed by atoms with Crippen LogP contribution in [0.1, 0.15) is 73.6 Å². The highest BCUT2D eigenvalue weighted by atomic mass is 14.4. The Morgan fingerprint density at radius 3 is 1.71 bits per heavy atom. The Bertz CT molecular complexity index is 131. The minimum Gasteiger partial charge on any atom is -0.0651 e. The first-order chi connectivity index (χ1) is 6.52. The van der Waals surface area contributed by atoms with E-state index in [-0.39, 0.29) is 0 Å². The van der Waals surface area contributed by atoms with Gasteiger partial charge in [-0.25, -0.2) is 0 Å². The average Bonchev–Trinajstić information content (AvgIpc) is 2.19. The molecule has 0 aromatic rings. The first kappa shape index (κ1) is 14.0. The first-order valence-corrected chi connectivity index (χ1v) is 6.52. The van der Waals surface area contributed by atoms with Crippen LogP contribution in [0.4, 0.5) is 0 Å². The minimum absolute atomic E-state index is 0.624. The monoisotopic (exact) mass is 198 g/mol. The normalized spacial score (nSPS) is 14.8. The Morgan fingerprint density at radius 1 is 0.929 bits per heavy atom. The zero-order valence-corrected chi connectivity index (χ0v) is 11.2. The molecular weight excluding hydrogens is 168 g/mol. The summed E-state index contributed by atoms with van der Waals surface area (Å²) in [4.78, 5) is 0. The van der Waals surface area contributed by atoms with Crippen molar-refractivity contribution in [1.29, 1.82) is 0 Å². The van der Waals surface area contributed by atoms with Crippen LogP contribution in [0, 0.1) is 17.3 Å². The topological polar surface area (TPSA) is 0 Å². The van der Waals surface area contributed by atoms with Crippen molar-refractivity contribution in [2.45, 2.75) is 73.6 Å². The molecule has 0 aromatic heterocycles. The highest BCUT2D eigenvalue weighted by molar-refractivity contribution is 4.81. The van der Waals surface area contributed by atoms with Crippen LogP contribution in [0.15, 0.2) is 0 Å². The maximum atomic E-state index is 2.44. The molecule has 0 aliphatic rings. The third-order valence-electron chi connectivity index (χ3n) is 4.29. The SMILES string of the molecule is CCC(C)C(CC)(CC)CCC(C)C. The van der Waals surface area contributed by atoms with Gasteiger partial charge in [0.1, 0.15) is 0 Å². The van der Waals surface area contributed by atoms with E-state index in [1.165, 1.54) is 32.1 Å². The molecule has 0 rings (SSSR count). The van der Waals surface area contributed by atoms with Crippen molar-refractivity contribution in [1.82, 2.24) is 0 Å². The van der Waals surface area contributed by atoms with Crippen molar-refractivity contribution < 1.29 is 0 Å². The molecule has 0 bridgehead atoms. The van der Waals surface area contributed by atoms with Gasteiger partial charge in [0.05, 0.1) is 0 Å². The largest absolute Gasteiger partial charge is 0.0651 e. The van der Waals surface area contributed by atoms with Crippen molar-refractivity contribution in [2.24, 2.45) is 17.3 Å². The van der Waals surface area contributed by atoms with Crippen LogP contribution in [0.25, 0.3) is 0 Å². The standard InChI is InChI=1S/C14H30/c1-7-13(6)14(8-2,9-3)11-10-12(4)5/h12-13H,7-11H2,1-6H3. The van der Waals surface area contributed by atoms with Crippen LogP contribution in [-0.2, 0) is 0 Å². The van der Waals surface area contributed by atoms with E-state index in [9.17, 15) is 0 Å². The molecule has 0 fully saturated rings. The summed E-state index contributed by atoms with van der Waals surface area (Å²) in [5, 5.41) is 0. The Hall–Kier alpha value is 0. The van der Waals surface area contributed by atoms with Gasteiger partial charge in [0.25, 0.3) is 0 Å². The first-order valence-electron chi connectivity index (χ1n) is 6.52. The molecule has 0 saturated carbocycles. The summed E-state index contributed by atoms with van der Waals surface area (Å²) in [6.07, 6.45) is 6.86. The Balaban J connectivity index is 4.36. The summed E-state index contributed by atoms with van der Waals surface area (Å²) in [6.45, 7) is 14.2. The minimum atomic E-state index is 0.624. The lowest BCUT2D eigenvalue weighted by Gasteiger charge is -2.38. The molecule has 0 radical (unpaired) electrons. The van der Waals surface area contributed by atoms with Crippen LogP contribution >= 0.6 is 0 Å². The van der Waals surface area contributed by atoms with Gasteiger partial charge in [-0.15, -0.1) is 0 Å². The van der Waals surface area contributed by atoms with E-state index in [0.717, 1.165) is 11.8 Å². The lowest BCUT2D eigenvalue weighted by molar-refractivity contribution is 0.127. The second kappa shape index (κ2) is 6.48. The molecule has 0 saturated heterocycles. The summed E-state index contributed by atoms with van der Waals surface area (Å²) >= 11 is 0. The van der Waals surface area contributed by atoms with Gasteiger partial charge in [0.15, 0.2) is 0 Å². The zero-order chi connectivity index (χ0) is 11.2. The van der Waals surface area contributed by atoms with E-state index < -0.39 is 0 Å². The van der Waals surface area contributed by atoms with E-state index in [4.69, 9.17) is 0 Å². The smallest absolute Gasteiger partial charge is 0.0277 e. The van der Waals surface area contributed by atoms with Gasteiger partial charge in [-0.05, 0) is 23.7 Å². The predicted octanol–water partition coefficient (Wildman–Crippen LogP) is 5.28. The van der Waals surface area contributed by atoms with Crippen LogP contribution in [0.5, 0.6) is 0 Å². The summed E-state index contributed by atoms with van der Waals surface area (Å²) in [6, 6.07) is 0. The Labute approximate surface area is 91.5 Å². The van der Waals surface area contributed by atoms with Gasteiger partial charge >= 0.3 is 0 Å². The summed E-state index contributed by atoms with van der Waals surface area (Å²) in [7, 11) is 0. The second-order valence-electron chi connectivity index (χ2n) is 5.31. The fourth-order valence-corrected chi connectivity index (χ4v) is 2.56. The summed E-state index contributed by atoms with van der Waals surface area (Å²) in [5.74, 6) is 1.74. The van der Waals surface area contributed by atoms with Crippen molar-refractivity contribution in [3.05, 3.63) is 0 Å². The molecule has 0 aliphatic heterocycles. The highest BCUT2D eigenvalue weighted by Gasteiger charge is 2.31. The molecule has 86 valence electrons. The van der Waals surface area contributed by atoms with Crippen LogP contribution in [0.3, 0.4) is 0 Å². The Kier molecular flexibility index (Phi) is 6.48. The molecule has 0 heterocycles. The molecule has 0 N–H and O–H groups in total. The van der Waals surface area contributed by atoms with Gasteiger partial charge in [0.2, 0.25) is 0 Å². The highest BCUT2D eigenvalue weighted by Crippen LogP contribution is 2.42. The van der Waals surface area contributed by atoms with E-state index in [1.54, 1.807) is 0 Å². The Morgan fingerprint density at radius 2 is 1.43 bits per heavy atom. The van der Waals surface area contributed by atoms with E-state index in [0.29, 0.717) is 5.41 Å². The zero-order valence-electron chi connectivity index (χ0n) is 11.2. The molecule has 0 aromatic carbocycles. The molecule has 0 nitrogen and oxygen atoms in total. The average molecular weight is 198 g/mol. The molecule has 14 heavy (non-hydrogen) atoms. The molecule has 0 heteroatoms. The van der Waals surface area contributed by atoms with Crippen molar-refractivity contribution in [3.63, 3.8) is 0 Å². The van der Waals surface area contributed by atoms with Gasteiger partial charge in [0, 0.05) is 0 Å². The number of rotatable bonds is 7. The van der Waals surface area contributed by atoms with Crippen LogP contribution in [0.2, 0.25) is 0 Å². The summed E-state index contributed by atoms with van der Waals surface area (Å²) in [5.41, 5.74) is 0.624. The van der Waals surface area contributed by atoms with Gasteiger partial charge in [-0.2, -0.15) is 0 Å². The van der Waals surface area contributed by atoms with E-state index in [1.807, 2.05) is 0 Å². The lowest BCUT2D eigenvalue weighted by Crippen LogP contribution is -2.27. The van der Waals surface area contributed by atoms with Crippen molar-refractivity contribution >= 4 is 0 Å². The fraction of sp³-hybridized carbons (Fsp3) is 1.00. The third kappa shape index (κ3) is 3.63. The molecular formula is C14H30. The second-order valence-corrected chi connectivity index (χ2v) is 5.31. The molecule has 0 spiro atoms. The van der Waals surface area contributed by atoms with Crippen LogP contribution in [-0.4, -0.2) is 0 Å². The molecule has 1 atom stereocenters. The van der Waals surface area contributed by atoms with Gasteiger partial charge in [-0.3, -0.25) is 0 Å². The maximum absolute atomic E-state index is 2.44.